The molecule has 1 fully saturated rings. The molecule has 0 radical (unpaired) electrons. The van der Waals surface area contributed by atoms with Crippen molar-refractivity contribution in [2.24, 2.45) is 0 Å². The van der Waals surface area contributed by atoms with Crippen LogP contribution in [-0.4, -0.2) is 47.5 Å². The lowest BCUT2D eigenvalue weighted by atomic mass is 10.1. The Labute approximate surface area is 126 Å². The van der Waals surface area contributed by atoms with E-state index in [0.29, 0.717) is 18.1 Å². The third-order valence-corrected chi connectivity index (χ3v) is 3.70. The van der Waals surface area contributed by atoms with Crippen LogP contribution in [0.5, 0.6) is 0 Å². The van der Waals surface area contributed by atoms with Crippen molar-refractivity contribution in [1.29, 1.82) is 0 Å². The van der Waals surface area contributed by atoms with Crippen LogP contribution >= 0.6 is 27.5 Å². The molecule has 4 nitrogen and oxygen atoms in total. The lowest BCUT2D eigenvalue weighted by Gasteiger charge is -2.31. The second kappa shape index (κ2) is 7.22. The molecule has 0 aliphatic carbocycles. The highest BCUT2D eigenvalue weighted by Crippen LogP contribution is 2.17. The van der Waals surface area contributed by atoms with Crippen LogP contribution in [-0.2, 0) is 4.74 Å². The van der Waals surface area contributed by atoms with Crippen molar-refractivity contribution in [2.45, 2.75) is 18.9 Å². The molecule has 104 valence electrons. The summed E-state index contributed by atoms with van der Waals surface area (Å²) in [7, 11) is 0. The number of alkyl halides is 1. The van der Waals surface area contributed by atoms with Crippen LogP contribution in [0, 0.1) is 0 Å². The third kappa shape index (κ3) is 4.16. The zero-order valence-corrected chi connectivity index (χ0v) is 12.9. The summed E-state index contributed by atoms with van der Waals surface area (Å²) in [5.74, 6) is 0.549. The fourth-order valence-electron chi connectivity index (χ4n) is 2.15. The van der Waals surface area contributed by atoms with Gasteiger partial charge in [-0.2, -0.15) is 0 Å². The Balaban J connectivity index is 1.89. The number of nitrogens with zero attached hydrogens (tertiary/aromatic N) is 2. The van der Waals surface area contributed by atoms with Gasteiger partial charge in [0.15, 0.2) is 0 Å². The molecule has 1 aromatic rings. The number of hydrogen-bond donors (Lipinski definition) is 0. The number of carbonyl (C=O) groups is 1. The van der Waals surface area contributed by atoms with Gasteiger partial charge in [0.05, 0.1) is 18.3 Å². The molecular formula is C13H16BrClN2O2. The molecule has 0 unspecified atom stereocenters. The van der Waals surface area contributed by atoms with Gasteiger partial charge in [-0.15, -0.1) is 11.6 Å². The Bertz CT molecular complexity index is 436. The summed E-state index contributed by atoms with van der Waals surface area (Å²) in [6.07, 6.45) is 5.23. The fraction of sp³-hybridized carbons (Fsp3) is 0.538. The molecule has 0 bridgehead atoms. The van der Waals surface area contributed by atoms with Crippen molar-refractivity contribution in [3.05, 3.63) is 28.5 Å². The maximum Gasteiger partial charge on any atom is 0.255 e. The van der Waals surface area contributed by atoms with E-state index in [2.05, 4.69) is 20.9 Å². The summed E-state index contributed by atoms with van der Waals surface area (Å²) in [4.78, 5) is 18.1. The first-order chi connectivity index (χ1) is 9.20. The molecule has 0 spiro atoms. The van der Waals surface area contributed by atoms with Crippen molar-refractivity contribution in [3.63, 3.8) is 0 Å². The Hall–Kier alpha value is -0.650. The number of amides is 1. The van der Waals surface area contributed by atoms with Gasteiger partial charge in [-0.05, 0) is 34.8 Å². The van der Waals surface area contributed by atoms with Crippen molar-refractivity contribution in [3.8, 4) is 0 Å². The Morgan fingerprint density at radius 3 is 2.84 bits per heavy atom. The van der Waals surface area contributed by atoms with Gasteiger partial charge in [0.1, 0.15) is 0 Å². The number of pyridine rings is 1. The highest BCUT2D eigenvalue weighted by Gasteiger charge is 2.24. The van der Waals surface area contributed by atoms with E-state index in [1.807, 2.05) is 4.90 Å². The molecule has 1 aliphatic rings. The largest absolute Gasteiger partial charge is 0.377 e. The number of carbonyl (C=O) groups excluding carboxylic acids is 1. The molecule has 1 amide bonds. The highest BCUT2D eigenvalue weighted by molar-refractivity contribution is 9.10. The van der Waals surface area contributed by atoms with E-state index >= 15 is 0 Å². The van der Waals surface area contributed by atoms with E-state index in [1.165, 1.54) is 0 Å². The molecule has 1 saturated heterocycles. The van der Waals surface area contributed by atoms with Gasteiger partial charge in [0, 0.05) is 35.8 Å². The number of likely N-dealkylation sites (tertiary alicyclic amines) is 1. The molecule has 19 heavy (non-hydrogen) atoms. The average molecular weight is 348 g/mol. The minimum atomic E-state index is 0.0320. The van der Waals surface area contributed by atoms with E-state index in [0.717, 1.165) is 30.4 Å². The van der Waals surface area contributed by atoms with Gasteiger partial charge in [-0.1, -0.05) is 0 Å². The summed E-state index contributed by atoms with van der Waals surface area (Å²) < 4.78 is 6.41. The van der Waals surface area contributed by atoms with E-state index in [-0.39, 0.29) is 12.0 Å². The molecule has 0 N–H and O–H groups in total. The number of piperidine rings is 1. The molecule has 1 aliphatic heterocycles. The van der Waals surface area contributed by atoms with E-state index in [1.54, 1.807) is 18.5 Å². The molecule has 0 saturated carbocycles. The van der Waals surface area contributed by atoms with Gasteiger partial charge >= 0.3 is 0 Å². The Kier molecular flexibility index (Phi) is 5.60. The zero-order chi connectivity index (χ0) is 13.7. The fourth-order valence-corrected chi connectivity index (χ4v) is 2.60. The Morgan fingerprint density at radius 1 is 1.47 bits per heavy atom. The summed E-state index contributed by atoms with van der Waals surface area (Å²) in [5, 5.41) is 0. The second-order valence-corrected chi connectivity index (χ2v) is 5.74. The predicted molar refractivity (Wildman–Crippen MR) is 77.5 cm³/mol. The first-order valence-electron chi connectivity index (χ1n) is 6.28. The van der Waals surface area contributed by atoms with Gasteiger partial charge in [-0.25, -0.2) is 0 Å². The maximum absolute atomic E-state index is 12.3. The first-order valence-corrected chi connectivity index (χ1v) is 7.61. The quantitative estimate of drug-likeness (QED) is 0.787. The first kappa shape index (κ1) is 14.8. The van der Waals surface area contributed by atoms with Crippen molar-refractivity contribution in [2.75, 3.05) is 25.6 Å². The SMILES string of the molecule is O=C(c1cncc(Br)c1)N1CCC(OCCCl)CC1. The number of ether oxygens (including phenoxy) is 1. The summed E-state index contributed by atoms with van der Waals surface area (Å²) in [6, 6.07) is 1.80. The minimum absolute atomic E-state index is 0.0320. The zero-order valence-electron chi connectivity index (χ0n) is 10.5. The van der Waals surface area contributed by atoms with Crippen LogP contribution in [0.15, 0.2) is 22.9 Å². The molecule has 0 aromatic carbocycles. The van der Waals surface area contributed by atoms with Gasteiger partial charge in [-0.3, -0.25) is 9.78 Å². The number of hydrogen-bond acceptors (Lipinski definition) is 3. The van der Waals surface area contributed by atoms with Crippen molar-refractivity contribution in [1.82, 2.24) is 9.88 Å². The predicted octanol–water partition coefficient (Wildman–Crippen LogP) is 2.70. The highest BCUT2D eigenvalue weighted by atomic mass is 79.9. The van der Waals surface area contributed by atoms with Crippen LogP contribution in [0.2, 0.25) is 0 Å². The lowest BCUT2D eigenvalue weighted by molar-refractivity contribution is 0.0154. The summed E-state index contributed by atoms with van der Waals surface area (Å²) in [6.45, 7) is 2.02. The monoisotopic (exact) mass is 346 g/mol. The molecule has 1 aromatic heterocycles. The smallest absolute Gasteiger partial charge is 0.255 e. The van der Waals surface area contributed by atoms with E-state index in [4.69, 9.17) is 16.3 Å². The summed E-state index contributed by atoms with van der Waals surface area (Å²) in [5.41, 5.74) is 0.620. The molecular weight excluding hydrogens is 332 g/mol. The molecule has 2 heterocycles. The standard InChI is InChI=1S/C13H16BrClN2O2/c14-11-7-10(8-16-9-11)13(18)17-4-1-12(2-5-17)19-6-3-15/h7-9,12H,1-6H2. The van der Waals surface area contributed by atoms with Crippen molar-refractivity contribution >= 4 is 33.4 Å². The van der Waals surface area contributed by atoms with Gasteiger partial charge in [0.2, 0.25) is 0 Å². The van der Waals surface area contributed by atoms with Gasteiger partial charge in [0.25, 0.3) is 5.91 Å². The number of aromatic nitrogens is 1. The number of halogens is 2. The normalized spacial score (nSPS) is 16.6. The van der Waals surface area contributed by atoms with E-state index < -0.39 is 0 Å². The minimum Gasteiger partial charge on any atom is -0.377 e. The summed E-state index contributed by atoms with van der Waals surface area (Å²) >= 11 is 8.92. The lowest BCUT2D eigenvalue weighted by Crippen LogP contribution is -2.41. The molecule has 2 rings (SSSR count). The van der Waals surface area contributed by atoms with Crippen molar-refractivity contribution < 1.29 is 9.53 Å². The van der Waals surface area contributed by atoms with Crippen LogP contribution in [0.25, 0.3) is 0 Å². The molecule has 0 atom stereocenters. The maximum atomic E-state index is 12.3. The van der Waals surface area contributed by atoms with Crippen LogP contribution in [0.3, 0.4) is 0 Å². The van der Waals surface area contributed by atoms with E-state index in [9.17, 15) is 4.79 Å². The topological polar surface area (TPSA) is 42.4 Å². The number of rotatable bonds is 4. The van der Waals surface area contributed by atoms with Gasteiger partial charge < -0.3 is 9.64 Å². The third-order valence-electron chi connectivity index (χ3n) is 3.11. The molecule has 6 heteroatoms. The second-order valence-electron chi connectivity index (χ2n) is 4.44. The van der Waals surface area contributed by atoms with Crippen LogP contribution < -0.4 is 0 Å². The average Bonchev–Trinajstić information content (AvgIpc) is 2.45. The van der Waals surface area contributed by atoms with Crippen LogP contribution in [0.1, 0.15) is 23.2 Å². The van der Waals surface area contributed by atoms with Crippen LogP contribution in [0.4, 0.5) is 0 Å². The Morgan fingerprint density at radius 2 is 2.21 bits per heavy atom.